The van der Waals surface area contributed by atoms with Crippen molar-refractivity contribution in [2.45, 2.75) is 13.5 Å². The second kappa shape index (κ2) is 8.01. The zero-order valence-corrected chi connectivity index (χ0v) is 12.0. The molecular formula is C16H19N3O2. The smallest absolute Gasteiger partial charge is 0.330 e. The Morgan fingerprint density at radius 3 is 3.00 bits per heavy atom. The van der Waals surface area contributed by atoms with Crippen molar-refractivity contribution >= 4 is 5.97 Å². The highest BCUT2D eigenvalue weighted by molar-refractivity contribution is 5.81. The third-order valence-corrected chi connectivity index (χ3v) is 2.86. The van der Waals surface area contributed by atoms with Gasteiger partial charge in [0, 0.05) is 31.6 Å². The van der Waals surface area contributed by atoms with Crippen molar-refractivity contribution in [1.82, 2.24) is 15.1 Å². The van der Waals surface area contributed by atoms with Gasteiger partial charge in [0.05, 0.1) is 12.3 Å². The quantitative estimate of drug-likeness (QED) is 0.481. The molecule has 1 aromatic carbocycles. The molecule has 0 saturated carbocycles. The van der Waals surface area contributed by atoms with E-state index in [2.05, 4.69) is 16.5 Å². The van der Waals surface area contributed by atoms with E-state index in [1.807, 2.05) is 35.1 Å². The van der Waals surface area contributed by atoms with Crippen molar-refractivity contribution < 1.29 is 9.53 Å². The lowest BCUT2D eigenvalue weighted by Crippen LogP contribution is -2.15. The minimum Gasteiger partial charge on any atom is -0.463 e. The number of esters is 1. The summed E-state index contributed by atoms with van der Waals surface area (Å²) >= 11 is 0. The third kappa shape index (κ3) is 4.57. The molecule has 0 aliphatic rings. The third-order valence-electron chi connectivity index (χ3n) is 2.86. The molecule has 1 aromatic heterocycles. The van der Waals surface area contributed by atoms with Crippen LogP contribution in [-0.4, -0.2) is 28.9 Å². The van der Waals surface area contributed by atoms with Crippen LogP contribution in [0.25, 0.3) is 5.69 Å². The zero-order chi connectivity index (χ0) is 14.9. The molecule has 0 atom stereocenters. The Morgan fingerprint density at radius 1 is 1.38 bits per heavy atom. The van der Waals surface area contributed by atoms with Gasteiger partial charge < -0.3 is 10.1 Å². The number of ether oxygens (including phenoxy) is 1. The maximum Gasteiger partial charge on any atom is 0.330 e. The van der Waals surface area contributed by atoms with E-state index in [4.69, 9.17) is 4.74 Å². The highest BCUT2D eigenvalue weighted by Crippen LogP contribution is 2.12. The summed E-state index contributed by atoms with van der Waals surface area (Å²) in [6, 6.07) is 9.96. The molecule has 2 rings (SSSR count). The molecule has 1 N–H and O–H groups in total. The number of carbonyl (C=O) groups excluding carboxylic acids is 1. The molecule has 5 heteroatoms. The van der Waals surface area contributed by atoms with Gasteiger partial charge in [-0.2, -0.15) is 5.10 Å². The maximum atomic E-state index is 11.1. The molecule has 110 valence electrons. The summed E-state index contributed by atoms with van der Waals surface area (Å²) in [6.45, 7) is 3.49. The Hall–Kier alpha value is -2.40. The second-order valence-corrected chi connectivity index (χ2v) is 4.36. The Balaban J connectivity index is 1.88. The summed E-state index contributed by atoms with van der Waals surface area (Å²) < 4.78 is 6.65. The van der Waals surface area contributed by atoms with E-state index in [0.717, 1.165) is 11.3 Å². The van der Waals surface area contributed by atoms with Crippen LogP contribution in [0, 0.1) is 0 Å². The standard InChI is InChI=1S/C16H19N3O2/c1-2-21-16(20)9-5-10-17-13-14-7-3-4-8-15(14)19-12-6-11-18-19/h3-9,11-12,17H,2,10,13H2,1H3/b9-5+. The maximum absolute atomic E-state index is 11.1. The first-order valence-corrected chi connectivity index (χ1v) is 6.93. The molecule has 1 heterocycles. The summed E-state index contributed by atoms with van der Waals surface area (Å²) in [4.78, 5) is 11.1. The molecule has 2 aromatic rings. The fourth-order valence-corrected chi connectivity index (χ4v) is 1.93. The van der Waals surface area contributed by atoms with Crippen molar-refractivity contribution in [1.29, 1.82) is 0 Å². The van der Waals surface area contributed by atoms with Crippen molar-refractivity contribution in [2.24, 2.45) is 0 Å². The highest BCUT2D eigenvalue weighted by atomic mass is 16.5. The molecule has 0 aliphatic carbocycles. The van der Waals surface area contributed by atoms with Crippen LogP contribution in [0.5, 0.6) is 0 Å². The van der Waals surface area contributed by atoms with Gasteiger partial charge in [0.2, 0.25) is 0 Å². The minimum absolute atomic E-state index is 0.309. The Morgan fingerprint density at radius 2 is 2.24 bits per heavy atom. The van der Waals surface area contributed by atoms with Crippen LogP contribution in [0.4, 0.5) is 0 Å². The van der Waals surface area contributed by atoms with Crippen LogP contribution in [0.2, 0.25) is 0 Å². The van der Waals surface area contributed by atoms with Crippen LogP contribution in [0.15, 0.2) is 54.9 Å². The summed E-state index contributed by atoms with van der Waals surface area (Å²) in [5.41, 5.74) is 2.19. The average molecular weight is 285 g/mol. The van der Waals surface area contributed by atoms with Crippen LogP contribution >= 0.6 is 0 Å². The summed E-state index contributed by atoms with van der Waals surface area (Å²) in [5, 5.41) is 7.51. The number of carbonyl (C=O) groups is 1. The van der Waals surface area contributed by atoms with E-state index in [-0.39, 0.29) is 5.97 Å². The Bertz CT molecular complexity index is 591. The lowest BCUT2D eigenvalue weighted by Gasteiger charge is -2.09. The van der Waals surface area contributed by atoms with E-state index < -0.39 is 0 Å². The molecule has 5 nitrogen and oxygen atoms in total. The minimum atomic E-state index is -0.309. The van der Waals surface area contributed by atoms with Crippen molar-refractivity contribution in [2.75, 3.05) is 13.2 Å². The van der Waals surface area contributed by atoms with E-state index in [9.17, 15) is 4.79 Å². The van der Waals surface area contributed by atoms with Gasteiger partial charge in [-0.3, -0.25) is 0 Å². The summed E-state index contributed by atoms with van der Waals surface area (Å²) in [7, 11) is 0. The lowest BCUT2D eigenvalue weighted by atomic mass is 10.2. The normalized spacial score (nSPS) is 10.9. The van der Waals surface area contributed by atoms with Gasteiger partial charge in [-0.25, -0.2) is 9.48 Å². The molecule has 0 saturated heterocycles. The van der Waals surface area contributed by atoms with E-state index in [0.29, 0.717) is 19.7 Å². The molecule has 0 unspecified atom stereocenters. The number of benzene rings is 1. The van der Waals surface area contributed by atoms with Crippen molar-refractivity contribution in [3.05, 3.63) is 60.4 Å². The molecule has 0 aliphatic heterocycles. The predicted molar refractivity (Wildman–Crippen MR) is 81.0 cm³/mol. The largest absolute Gasteiger partial charge is 0.463 e. The SMILES string of the molecule is CCOC(=O)/C=C/CNCc1ccccc1-n1cccn1. The predicted octanol–water partition coefficient (Wildman–Crippen LogP) is 2.08. The highest BCUT2D eigenvalue weighted by Gasteiger charge is 2.03. The van der Waals surface area contributed by atoms with Crippen LogP contribution in [0.1, 0.15) is 12.5 Å². The van der Waals surface area contributed by atoms with Gasteiger partial charge >= 0.3 is 5.97 Å². The summed E-state index contributed by atoms with van der Waals surface area (Å²) in [5.74, 6) is -0.309. The number of aromatic nitrogens is 2. The topological polar surface area (TPSA) is 56.1 Å². The Kier molecular flexibility index (Phi) is 5.72. The average Bonchev–Trinajstić information content (AvgIpc) is 3.02. The van der Waals surface area contributed by atoms with Gasteiger partial charge in [0.15, 0.2) is 0 Å². The van der Waals surface area contributed by atoms with Crippen LogP contribution in [0.3, 0.4) is 0 Å². The van der Waals surface area contributed by atoms with E-state index in [1.54, 1.807) is 19.2 Å². The first-order valence-electron chi connectivity index (χ1n) is 6.93. The van der Waals surface area contributed by atoms with Crippen LogP contribution < -0.4 is 5.32 Å². The van der Waals surface area contributed by atoms with Gasteiger partial charge in [0.1, 0.15) is 0 Å². The van der Waals surface area contributed by atoms with E-state index in [1.165, 1.54) is 6.08 Å². The molecular weight excluding hydrogens is 266 g/mol. The number of rotatable bonds is 7. The van der Waals surface area contributed by atoms with Crippen LogP contribution in [-0.2, 0) is 16.1 Å². The molecule has 0 bridgehead atoms. The van der Waals surface area contributed by atoms with Gasteiger partial charge in [0.25, 0.3) is 0 Å². The second-order valence-electron chi connectivity index (χ2n) is 4.36. The number of hydrogen-bond acceptors (Lipinski definition) is 4. The van der Waals surface area contributed by atoms with Crippen molar-refractivity contribution in [3.8, 4) is 5.69 Å². The van der Waals surface area contributed by atoms with Gasteiger partial charge in [-0.05, 0) is 24.6 Å². The first kappa shape index (κ1) is 15.0. The fourth-order valence-electron chi connectivity index (χ4n) is 1.93. The monoisotopic (exact) mass is 285 g/mol. The van der Waals surface area contributed by atoms with E-state index >= 15 is 0 Å². The van der Waals surface area contributed by atoms with Gasteiger partial charge in [-0.15, -0.1) is 0 Å². The first-order chi connectivity index (χ1) is 10.3. The molecule has 0 radical (unpaired) electrons. The molecule has 21 heavy (non-hydrogen) atoms. The lowest BCUT2D eigenvalue weighted by molar-refractivity contribution is -0.137. The number of nitrogens with one attached hydrogen (secondary N) is 1. The number of para-hydroxylation sites is 1. The van der Waals surface area contributed by atoms with Crippen molar-refractivity contribution in [3.63, 3.8) is 0 Å². The molecule has 0 spiro atoms. The number of hydrogen-bond donors (Lipinski definition) is 1. The molecule has 0 amide bonds. The summed E-state index contributed by atoms with van der Waals surface area (Å²) in [6.07, 6.45) is 6.87. The molecule has 0 fully saturated rings. The Labute approximate surface area is 124 Å². The fraction of sp³-hybridized carbons (Fsp3) is 0.250. The van der Waals surface area contributed by atoms with Gasteiger partial charge in [-0.1, -0.05) is 24.3 Å². The zero-order valence-electron chi connectivity index (χ0n) is 12.0. The number of nitrogens with zero attached hydrogens (tertiary/aromatic N) is 2.